The second kappa shape index (κ2) is 13.0. The first-order chi connectivity index (χ1) is 17.4. The predicted octanol–water partition coefficient (Wildman–Crippen LogP) is 4.65. The highest BCUT2D eigenvalue weighted by molar-refractivity contribution is 5.83. The summed E-state index contributed by atoms with van der Waals surface area (Å²) in [6, 6.07) is 17.7. The highest BCUT2D eigenvalue weighted by Gasteiger charge is 2.29. The number of carbonyl (C=O) groups excluding carboxylic acids is 2. The van der Waals surface area contributed by atoms with Gasteiger partial charge in [-0.05, 0) is 42.3 Å². The zero-order chi connectivity index (χ0) is 25.9. The van der Waals surface area contributed by atoms with Crippen molar-refractivity contribution >= 4 is 24.0 Å². The number of aliphatic imine (C=N–C) groups is 1. The molecule has 3 N–H and O–H groups in total. The van der Waals surface area contributed by atoms with Crippen molar-refractivity contribution in [3.8, 4) is 5.75 Å². The van der Waals surface area contributed by atoms with E-state index in [2.05, 4.69) is 15.6 Å². The monoisotopic (exact) mass is 497 g/mol. The molecule has 3 rings (SSSR count). The number of aromatic hydroxyl groups is 1. The largest absolute Gasteiger partial charge is 0.505 e. The number of amides is 2. The van der Waals surface area contributed by atoms with Gasteiger partial charge in [-0.3, -0.25) is 10.1 Å². The molecular formula is C26H25F2N3O5. The minimum Gasteiger partial charge on any atom is -0.505 e. The van der Waals surface area contributed by atoms with E-state index in [1.807, 2.05) is 30.3 Å². The van der Waals surface area contributed by atoms with Crippen molar-refractivity contribution in [1.29, 1.82) is 0 Å². The van der Waals surface area contributed by atoms with Gasteiger partial charge in [-0.2, -0.15) is 0 Å². The van der Waals surface area contributed by atoms with Gasteiger partial charge in [0.2, 0.25) is 0 Å². The van der Waals surface area contributed by atoms with Gasteiger partial charge in [0.1, 0.15) is 12.4 Å². The summed E-state index contributed by atoms with van der Waals surface area (Å²) in [5.41, 5.74) is 1.42. The molecular weight excluding hydrogens is 472 g/mol. The second-order valence-corrected chi connectivity index (χ2v) is 7.48. The van der Waals surface area contributed by atoms with Gasteiger partial charge in [0.05, 0.1) is 17.6 Å². The number of benzene rings is 3. The number of nitrogens with zero attached hydrogens (tertiary/aromatic N) is 1. The Kier molecular flexibility index (Phi) is 9.47. The Morgan fingerprint density at radius 2 is 1.75 bits per heavy atom. The summed E-state index contributed by atoms with van der Waals surface area (Å²) in [4.78, 5) is 28.5. The van der Waals surface area contributed by atoms with Gasteiger partial charge in [0.15, 0.2) is 17.7 Å². The average Bonchev–Trinajstić information content (AvgIpc) is 2.89. The zero-order valence-corrected chi connectivity index (χ0v) is 19.4. The maximum absolute atomic E-state index is 14.3. The van der Waals surface area contributed by atoms with Gasteiger partial charge in [0, 0.05) is 13.2 Å². The van der Waals surface area contributed by atoms with E-state index in [9.17, 15) is 23.5 Å². The molecule has 0 saturated carbocycles. The minimum absolute atomic E-state index is 0.0210. The van der Waals surface area contributed by atoms with E-state index in [1.54, 1.807) is 31.2 Å². The molecule has 0 aliphatic heterocycles. The number of nitrogens with one attached hydrogen (secondary N) is 2. The topological polar surface area (TPSA) is 109 Å². The number of alkyl carbamates (subject to hydrolysis) is 1. The van der Waals surface area contributed by atoms with Crippen LogP contribution in [0.4, 0.5) is 19.3 Å². The SMILES string of the molecule is CCOC(C(=O)NCc1ccc(N=CNC(=O)OCc2ccccc2)cc1)c1c(F)ccc(O)c1F. The van der Waals surface area contributed by atoms with Crippen molar-refractivity contribution in [2.45, 2.75) is 26.2 Å². The number of halogens is 2. The van der Waals surface area contributed by atoms with Crippen LogP contribution in [0.3, 0.4) is 0 Å². The fourth-order valence-corrected chi connectivity index (χ4v) is 3.16. The van der Waals surface area contributed by atoms with Crippen LogP contribution in [0, 0.1) is 11.6 Å². The highest BCUT2D eigenvalue weighted by Crippen LogP contribution is 2.29. The molecule has 0 aliphatic carbocycles. The van der Waals surface area contributed by atoms with Crippen LogP contribution in [0.15, 0.2) is 71.7 Å². The molecule has 0 heterocycles. The molecule has 0 bridgehead atoms. The van der Waals surface area contributed by atoms with E-state index < -0.39 is 41.1 Å². The molecule has 0 spiro atoms. The van der Waals surface area contributed by atoms with Crippen LogP contribution in [0.1, 0.15) is 29.7 Å². The Hall–Kier alpha value is -4.31. The molecule has 0 radical (unpaired) electrons. The van der Waals surface area contributed by atoms with E-state index in [0.717, 1.165) is 17.7 Å². The highest BCUT2D eigenvalue weighted by atomic mass is 19.1. The Morgan fingerprint density at radius 1 is 1.03 bits per heavy atom. The summed E-state index contributed by atoms with van der Waals surface area (Å²) in [6.07, 6.45) is -1.01. The smallest absolute Gasteiger partial charge is 0.412 e. The molecule has 36 heavy (non-hydrogen) atoms. The first-order valence-corrected chi connectivity index (χ1v) is 11.0. The van der Waals surface area contributed by atoms with Crippen LogP contribution < -0.4 is 10.6 Å². The fraction of sp³-hybridized carbons (Fsp3) is 0.192. The summed E-state index contributed by atoms with van der Waals surface area (Å²) in [5.74, 6) is -3.79. The molecule has 8 nitrogen and oxygen atoms in total. The standard InChI is InChI=1S/C26H25F2N3O5/c1-2-35-24(22-20(27)12-13-21(32)23(22)28)25(33)29-14-17-8-10-19(11-9-17)30-16-31-26(34)36-15-18-6-4-3-5-7-18/h3-13,16,24,32H,2,14-15H2,1H3,(H,29,33)(H,30,31,34). The van der Waals surface area contributed by atoms with E-state index in [0.29, 0.717) is 11.3 Å². The Bertz CT molecular complexity index is 1200. The molecule has 0 saturated heterocycles. The van der Waals surface area contributed by atoms with Crippen LogP contribution in [-0.4, -0.2) is 30.1 Å². The molecule has 3 aromatic rings. The summed E-state index contributed by atoms with van der Waals surface area (Å²) >= 11 is 0. The lowest BCUT2D eigenvalue weighted by atomic mass is 10.1. The van der Waals surface area contributed by atoms with Crippen molar-refractivity contribution in [2.75, 3.05) is 6.61 Å². The lowest BCUT2D eigenvalue weighted by molar-refractivity contribution is -0.133. The quantitative estimate of drug-likeness (QED) is 0.279. The molecule has 0 aromatic heterocycles. The number of hydrogen-bond donors (Lipinski definition) is 3. The number of hydrogen-bond acceptors (Lipinski definition) is 6. The van der Waals surface area contributed by atoms with Gasteiger partial charge in [0.25, 0.3) is 5.91 Å². The Balaban J connectivity index is 1.51. The van der Waals surface area contributed by atoms with Crippen LogP contribution in [0.2, 0.25) is 0 Å². The molecule has 0 aliphatic rings. The van der Waals surface area contributed by atoms with E-state index in [4.69, 9.17) is 9.47 Å². The van der Waals surface area contributed by atoms with Crippen molar-refractivity contribution in [3.63, 3.8) is 0 Å². The minimum atomic E-state index is -1.57. The third kappa shape index (κ3) is 7.34. The van der Waals surface area contributed by atoms with E-state index in [-0.39, 0.29) is 19.8 Å². The van der Waals surface area contributed by atoms with Crippen molar-refractivity contribution in [1.82, 2.24) is 10.6 Å². The zero-order valence-electron chi connectivity index (χ0n) is 19.4. The van der Waals surface area contributed by atoms with Crippen LogP contribution in [-0.2, 0) is 27.4 Å². The summed E-state index contributed by atoms with van der Waals surface area (Å²) < 4.78 is 38.8. The van der Waals surface area contributed by atoms with E-state index in [1.165, 1.54) is 6.34 Å². The molecule has 3 aromatic carbocycles. The number of phenols is 1. The van der Waals surface area contributed by atoms with Crippen LogP contribution in [0.5, 0.6) is 5.75 Å². The van der Waals surface area contributed by atoms with Crippen molar-refractivity contribution in [3.05, 3.63) is 95.1 Å². The molecule has 0 fully saturated rings. The lowest BCUT2D eigenvalue weighted by Gasteiger charge is -2.19. The molecule has 1 unspecified atom stereocenters. The van der Waals surface area contributed by atoms with Gasteiger partial charge in [-0.15, -0.1) is 0 Å². The summed E-state index contributed by atoms with van der Waals surface area (Å²) in [5, 5.41) is 14.5. The van der Waals surface area contributed by atoms with Crippen LogP contribution in [0.25, 0.3) is 0 Å². The predicted molar refractivity (Wildman–Crippen MR) is 129 cm³/mol. The van der Waals surface area contributed by atoms with Gasteiger partial charge < -0.3 is 19.9 Å². The normalized spacial score (nSPS) is 11.8. The first kappa shape index (κ1) is 26.3. The molecule has 10 heteroatoms. The average molecular weight is 497 g/mol. The maximum Gasteiger partial charge on any atom is 0.412 e. The molecule has 188 valence electrons. The number of ether oxygens (including phenoxy) is 2. The molecule has 2 amide bonds. The number of carbonyl (C=O) groups is 2. The lowest BCUT2D eigenvalue weighted by Crippen LogP contribution is -2.31. The molecule has 1 atom stereocenters. The van der Waals surface area contributed by atoms with Gasteiger partial charge >= 0.3 is 6.09 Å². The summed E-state index contributed by atoms with van der Waals surface area (Å²) in [7, 11) is 0. The fourth-order valence-electron chi connectivity index (χ4n) is 3.16. The van der Waals surface area contributed by atoms with E-state index >= 15 is 0 Å². The van der Waals surface area contributed by atoms with Crippen LogP contribution >= 0.6 is 0 Å². The van der Waals surface area contributed by atoms with Crippen molar-refractivity contribution < 1.29 is 33.0 Å². The summed E-state index contributed by atoms with van der Waals surface area (Å²) in [6.45, 7) is 1.79. The van der Waals surface area contributed by atoms with Gasteiger partial charge in [-0.25, -0.2) is 18.6 Å². The Morgan fingerprint density at radius 3 is 2.44 bits per heavy atom. The first-order valence-electron chi connectivity index (χ1n) is 11.0. The van der Waals surface area contributed by atoms with Crippen molar-refractivity contribution in [2.24, 2.45) is 4.99 Å². The maximum atomic E-state index is 14.3. The third-order valence-corrected chi connectivity index (χ3v) is 4.95. The third-order valence-electron chi connectivity index (χ3n) is 4.95. The second-order valence-electron chi connectivity index (χ2n) is 7.48. The number of rotatable bonds is 10. The Labute approximate surface area is 206 Å². The van der Waals surface area contributed by atoms with Gasteiger partial charge in [-0.1, -0.05) is 42.5 Å². The number of phenolic OH excluding ortho intramolecular Hbond substituents is 1.